The third-order valence-electron chi connectivity index (χ3n) is 5.47. The summed E-state index contributed by atoms with van der Waals surface area (Å²) in [5, 5.41) is 4.38. The van der Waals surface area contributed by atoms with Gasteiger partial charge in [0.1, 0.15) is 0 Å². The number of aromatic amines is 1. The van der Waals surface area contributed by atoms with Crippen LogP contribution < -0.4 is 10.2 Å². The monoisotopic (exact) mass is 377 g/mol. The Kier molecular flexibility index (Phi) is 5.28. The average Bonchev–Trinajstić information content (AvgIpc) is 3.10. The molecule has 1 aromatic carbocycles. The number of H-pyrrole nitrogens is 1. The summed E-state index contributed by atoms with van der Waals surface area (Å²) < 4.78 is 0. The molecule has 0 bridgehead atoms. The number of amides is 1. The molecule has 0 aliphatic carbocycles. The average molecular weight is 377 g/mol. The topological polar surface area (TPSA) is 73.9 Å². The molecule has 0 radical (unpaired) electrons. The minimum absolute atomic E-state index is 0.0110. The van der Waals surface area contributed by atoms with Crippen LogP contribution in [0.25, 0.3) is 10.9 Å². The van der Waals surface area contributed by atoms with Crippen molar-refractivity contribution in [1.82, 2.24) is 20.3 Å². The summed E-state index contributed by atoms with van der Waals surface area (Å²) in [6, 6.07) is 8.31. The lowest BCUT2D eigenvalue weighted by atomic mass is 9.97. The van der Waals surface area contributed by atoms with E-state index >= 15 is 0 Å². The maximum atomic E-state index is 12.7. The van der Waals surface area contributed by atoms with Crippen LogP contribution in [0, 0.1) is 19.8 Å². The molecule has 1 fully saturated rings. The Hall–Kier alpha value is -2.89. The normalized spacial score (nSPS) is 17.1. The Balaban J connectivity index is 1.33. The molecule has 2 N–H and O–H groups in total. The van der Waals surface area contributed by atoms with Crippen LogP contribution >= 0.6 is 0 Å². The predicted molar refractivity (Wildman–Crippen MR) is 111 cm³/mol. The molecule has 0 spiro atoms. The zero-order valence-electron chi connectivity index (χ0n) is 16.5. The van der Waals surface area contributed by atoms with Crippen molar-refractivity contribution in [2.24, 2.45) is 5.92 Å². The minimum atomic E-state index is -0.0110. The third kappa shape index (κ3) is 4.01. The van der Waals surface area contributed by atoms with E-state index < -0.39 is 0 Å². The van der Waals surface area contributed by atoms with E-state index in [9.17, 15) is 4.79 Å². The highest BCUT2D eigenvalue weighted by molar-refractivity contribution is 5.84. The number of piperidine rings is 1. The standard InChI is InChI=1S/C22H27N5O/c1-15-5-6-20-19(12-15)17(13-25-20)8-10-23-21(28)18-4-3-11-27(14-18)22-24-9-7-16(2)26-22/h5-7,9,12-13,18,25H,3-4,8,10-11,14H2,1-2H3,(H,23,28)/t18-/m0/s1. The second kappa shape index (κ2) is 8.00. The summed E-state index contributed by atoms with van der Waals surface area (Å²) in [6.07, 6.45) is 6.56. The van der Waals surface area contributed by atoms with Gasteiger partial charge in [-0.2, -0.15) is 0 Å². The van der Waals surface area contributed by atoms with Gasteiger partial charge in [0.25, 0.3) is 0 Å². The molecular weight excluding hydrogens is 350 g/mol. The number of carbonyl (C=O) groups is 1. The van der Waals surface area contributed by atoms with Crippen LogP contribution in [0.4, 0.5) is 5.95 Å². The molecule has 2 aromatic heterocycles. The van der Waals surface area contributed by atoms with Crippen LogP contribution in [0.1, 0.15) is 29.7 Å². The first kappa shape index (κ1) is 18.5. The van der Waals surface area contributed by atoms with E-state index in [1.54, 1.807) is 6.20 Å². The maximum absolute atomic E-state index is 12.7. The molecule has 6 heteroatoms. The summed E-state index contributed by atoms with van der Waals surface area (Å²) in [5.74, 6) is 0.850. The SMILES string of the molecule is Cc1ccc2[nH]cc(CCNC(=O)[C@H]3CCCN(c4nccc(C)n4)C3)c2c1. The van der Waals surface area contributed by atoms with E-state index in [0.29, 0.717) is 13.1 Å². The molecule has 0 unspecified atom stereocenters. The smallest absolute Gasteiger partial charge is 0.225 e. The predicted octanol–water partition coefficient (Wildman–Crippen LogP) is 3.15. The van der Waals surface area contributed by atoms with Crippen molar-refractivity contribution < 1.29 is 4.79 Å². The van der Waals surface area contributed by atoms with Gasteiger partial charge in [-0.15, -0.1) is 0 Å². The zero-order valence-corrected chi connectivity index (χ0v) is 16.5. The number of hydrogen-bond acceptors (Lipinski definition) is 4. The summed E-state index contributed by atoms with van der Waals surface area (Å²) in [5.41, 5.74) is 4.59. The first-order valence-electron chi connectivity index (χ1n) is 9.99. The van der Waals surface area contributed by atoms with Crippen molar-refractivity contribution in [2.75, 3.05) is 24.5 Å². The lowest BCUT2D eigenvalue weighted by molar-refractivity contribution is -0.125. The fourth-order valence-electron chi connectivity index (χ4n) is 3.92. The van der Waals surface area contributed by atoms with Crippen LogP contribution in [-0.2, 0) is 11.2 Å². The molecule has 146 valence electrons. The van der Waals surface area contributed by atoms with Crippen LogP contribution in [0.5, 0.6) is 0 Å². The lowest BCUT2D eigenvalue weighted by Gasteiger charge is -2.32. The molecule has 1 atom stereocenters. The molecule has 28 heavy (non-hydrogen) atoms. The first-order valence-corrected chi connectivity index (χ1v) is 9.99. The van der Waals surface area contributed by atoms with E-state index in [1.807, 2.05) is 19.2 Å². The third-order valence-corrected chi connectivity index (χ3v) is 5.47. The fourth-order valence-corrected chi connectivity index (χ4v) is 3.92. The Morgan fingerprint density at radius 2 is 2.21 bits per heavy atom. The number of nitrogens with one attached hydrogen (secondary N) is 2. The number of fused-ring (bicyclic) bond motifs is 1. The van der Waals surface area contributed by atoms with Crippen molar-refractivity contribution in [2.45, 2.75) is 33.1 Å². The number of nitrogens with zero attached hydrogens (tertiary/aromatic N) is 3. The molecule has 4 rings (SSSR count). The van der Waals surface area contributed by atoms with Crippen molar-refractivity contribution in [3.8, 4) is 0 Å². The van der Waals surface area contributed by atoms with Crippen LogP contribution in [0.15, 0.2) is 36.7 Å². The first-order chi connectivity index (χ1) is 13.6. The van der Waals surface area contributed by atoms with Crippen molar-refractivity contribution in [1.29, 1.82) is 0 Å². The van der Waals surface area contributed by atoms with Gasteiger partial charge in [-0.1, -0.05) is 11.6 Å². The number of anilines is 1. The van der Waals surface area contributed by atoms with E-state index in [4.69, 9.17) is 0 Å². The van der Waals surface area contributed by atoms with Gasteiger partial charge in [0.2, 0.25) is 11.9 Å². The van der Waals surface area contributed by atoms with Gasteiger partial charge < -0.3 is 15.2 Å². The Bertz CT molecular complexity index is 980. The number of rotatable bonds is 5. The Labute approximate surface area is 165 Å². The summed E-state index contributed by atoms with van der Waals surface area (Å²) >= 11 is 0. The van der Waals surface area contributed by atoms with Crippen LogP contribution in [0.2, 0.25) is 0 Å². The Morgan fingerprint density at radius 3 is 3.07 bits per heavy atom. The highest BCUT2D eigenvalue weighted by Gasteiger charge is 2.27. The largest absolute Gasteiger partial charge is 0.361 e. The van der Waals surface area contributed by atoms with Gasteiger partial charge in [0, 0.05) is 48.6 Å². The lowest BCUT2D eigenvalue weighted by Crippen LogP contribution is -2.44. The number of benzene rings is 1. The number of aryl methyl sites for hydroxylation is 2. The van der Waals surface area contributed by atoms with Crippen molar-refractivity contribution in [3.63, 3.8) is 0 Å². The molecule has 3 aromatic rings. The maximum Gasteiger partial charge on any atom is 0.225 e. The second-order valence-electron chi connectivity index (χ2n) is 7.69. The van der Waals surface area contributed by atoms with E-state index in [0.717, 1.165) is 43.0 Å². The molecule has 1 saturated heterocycles. The molecular formula is C22H27N5O. The van der Waals surface area contributed by atoms with Gasteiger partial charge in [-0.25, -0.2) is 9.97 Å². The quantitative estimate of drug-likeness (QED) is 0.716. The Morgan fingerprint density at radius 1 is 1.32 bits per heavy atom. The van der Waals surface area contributed by atoms with Gasteiger partial charge in [-0.3, -0.25) is 4.79 Å². The molecule has 1 amide bonds. The fraction of sp³-hybridized carbons (Fsp3) is 0.409. The van der Waals surface area contributed by atoms with Crippen molar-refractivity contribution in [3.05, 3.63) is 53.5 Å². The zero-order chi connectivity index (χ0) is 19.5. The number of aromatic nitrogens is 3. The van der Waals surface area contributed by atoms with E-state index in [-0.39, 0.29) is 11.8 Å². The molecule has 6 nitrogen and oxygen atoms in total. The van der Waals surface area contributed by atoms with E-state index in [2.05, 4.69) is 50.3 Å². The molecule has 1 aliphatic rings. The van der Waals surface area contributed by atoms with Gasteiger partial charge >= 0.3 is 0 Å². The van der Waals surface area contributed by atoms with Gasteiger partial charge in [0.15, 0.2) is 0 Å². The van der Waals surface area contributed by atoms with Crippen LogP contribution in [0.3, 0.4) is 0 Å². The van der Waals surface area contributed by atoms with E-state index in [1.165, 1.54) is 16.5 Å². The highest BCUT2D eigenvalue weighted by atomic mass is 16.1. The molecule has 1 aliphatic heterocycles. The van der Waals surface area contributed by atoms with Gasteiger partial charge in [0.05, 0.1) is 5.92 Å². The summed E-state index contributed by atoms with van der Waals surface area (Å²) in [7, 11) is 0. The molecule has 3 heterocycles. The number of hydrogen-bond donors (Lipinski definition) is 2. The van der Waals surface area contributed by atoms with Crippen LogP contribution in [-0.4, -0.2) is 40.5 Å². The molecule has 0 saturated carbocycles. The minimum Gasteiger partial charge on any atom is -0.361 e. The van der Waals surface area contributed by atoms with Crippen molar-refractivity contribution >= 4 is 22.8 Å². The highest BCUT2D eigenvalue weighted by Crippen LogP contribution is 2.22. The summed E-state index contributed by atoms with van der Waals surface area (Å²) in [4.78, 5) is 27.0. The summed E-state index contributed by atoms with van der Waals surface area (Å²) in [6.45, 7) is 6.30. The van der Waals surface area contributed by atoms with Gasteiger partial charge in [-0.05, 0) is 56.9 Å². The second-order valence-corrected chi connectivity index (χ2v) is 7.69. The number of carbonyl (C=O) groups excluding carboxylic acids is 1.